The van der Waals surface area contributed by atoms with E-state index in [-0.39, 0.29) is 25.7 Å². The molecule has 1 fully saturated rings. The van der Waals surface area contributed by atoms with E-state index >= 15 is 0 Å². The van der Waals surface area contributed by atoms with Crippen molar-refractivity contribution in [2.45, 2.75) is 18.1 Å². The van der Waals surface area contributed by atoms with Gasteiger partial charge in [0.1, 0.15) is 5.60 Å². The fourth-order valence-corrected chi connectivity index (χ4v) is 4.46. The summed E-state index contributed by atoms with van der Waals surface area (Å²) >= 11 is 0. The summed E-state index contributed by atoms with van der Waals surface area (Å²) < 4.78 is 6.78. The number of ether oxygens (including phenoxy) is 1. The third-order valence-electron chi connectivity index (χ3n) is 6.34. The molecule has 156 valence electrons. The Labute approximate surface area is 177 Å². The molecule has 3 N–H and O–H groups in total. The summed E-state index contributed by atoms with van der Waals surface area (Å²) in [7, 11) is 0. The topological polar surface area (TPSA) is 69.9 Å². The molecule has 0 heterocycles. The van der Waals surface area contributed by atoms with Crippen molar-refractivity contribution >= 4 is 0 Å². The molecule has 1 aliphatic rings. The lowest BCUT2D eigenvalue weighted by Crippen LogP contribution is -2.37. The lowest BCUT2D eigenvalue weighted by Gasteiger charge is -2.37. The van der Waals surface area contributed by atoms with Gasteiger partial charge in [-0.2, -0.15) is 0 Å². The largest absolute Gasteiger partial charge is 0.396 e. The van der Waals surface area contributed by atoms with Gasteiger partial charge < -0.3 is 20.1 Å². The zero-order valence-corrected chi connectivity index (χ0v) is 16.9. The highest BCUT2D eigenvalue weighted by Crippen LogP contribution is 2.55. The van der Waals surface area contributed by atoms with Crippen LogP contribution in [0.4, 0.5) is 0 Å². The molecule has 0 radical (unpaired) electrons. The molecular formula is C26H28O4. The van der Waals surface area contributed by atoms with E-state index in [2.05, 4.69) is 36.4 Å². The Morgan fingerprint density at radius 3 is 1.60 bits per heavy atom. The molecule has 3 atom stereocenters. The number of hydrogen-bond donors (Lipinski definition) is 3. The second-order valence-electron chi connectivity index (χ2n) is 8.15. The summed E-state index contributed by atoms with van der Waals surface area (Å²) in [4.78, 5) is 0. The van der Waals surface area contributed by atoms with Crippen molar-refractivity contribution < 1.29 is 20.1 Å². The molecule has 0 aliphatic heterocycles. The van der Waals surface area contributed by atoms with E-state index in [0.29, 0.717) is 6.42 Å². The molecule has 1 saturated carbocycles. The Morgan fingerprint density at radius 1 is 0.800 bits per heavy atom. The Kier molecular flexibility index (Phi) is 6.02. The maximum atomic E-state index is 10.1. The maximum Gasteiger partial charge on any atom is 0.143 e. The molecule has 0 bridgehead atoms. The van der Waals surface area contributed by atoms with Crippen molar-refractivity contribution in [2.75, 3.05) is 19.8 Å². The van der Waals surface area contributed by atoms with Gasteiger partial charge in [-0.1, -0.05) is 91.0 Å². The van der Waals surface area contributed by atoms with E-state index in [4.69, 9.17) is 4.74 Å². The van der Waals surface area contributed by atoms with Crippen molar-refractivity contribution in [3.8, 4) is 0 Å². The zero-order chi connectivity index (χ0) is 21.0. The van der Waals surface area contributed by atoms with Crippen molar-refractivity contribution in [3.05, 3.63) is 108 Å². The highest BCUT2D eigenvalue weighted by Gasteiger charge is 2.58. The van der Waals surface area contributed by atoms with E-state index in [9.17, 15) is 15.3 Å². The molecule has 1 aliphatic carbocycles. The van der Waals surface area contributed by atoms with Crippen LogP contribution in [-0.4, -0.2) is 41.2 Å². The first kappa shape index (κ1) is 20.8. The minimum atomic E-state index is -0.858. The average Bonchev–Trinajstić information content (AvgIpc) is 3.56. The molecule has 0 amide bonds. The van der Waals surface area contributed by atoms with Crippen LogP contribution in [0.2, 0.25) is 0 Å². The van der Waals surface area contributed by atoms with Gasteiger partial charge in [0.15, 0.2) is 0 Å². The second kappa shape index (κ2) is 8.70. The van der Waals surface area contributed by atoms with Gasteiger partial charge in [-0.15, -0.1) is 0 Å². The van der Waals surface area contributed by atoms with Crippen LogP contribution >= 0.6 is 0 Å². The number of aliphatic hydroxyl groups excluding tert-OH is 3. The first-order valence-corrected chi connectivity index (χ1v) is 10.4. The van der Waals surface area contributed by atoms with Crippen molar-refractivity contribution in [1.82, 2.24) is 0 Å². The third-order valence-corrected chi connectivity index (χ3v) is 6.34. The van der Waals surface area contributed by atoms with Crippen molar-refractivity contribution in [3.63, 3.8) is 0 Å². The Balaban J connectivity index is 1.80. The summed E-state index contributed by atoms with van der Waals surface area (Å²) in [6.45, 7) is -0.138. The van der Waals surface area contributed by atoms with Crippen LogP contribution in [0.3, 0.4) is 0 Å². The van der Waals surface area contributed by atoms with Gasteiger partial charge >= 0.3 is 0 Å². The third kappa shape index (κ3) is 3.68. The average molecular weight is 405 g/mol. The highest BCUT2D eigenvalue weighted by molar-refractivity contribution is 5.47. The normalized spacial score (nSPS) is 21.9. The summed E-state index contributed by atoms with van der Waals surface area (Å²) in [5.41, 5.74) is 1.58. The SMILES string of the molecule is OC[C@H](O)[C@@H]1C[C@@]1(CO)COC(c1ccccc1)(c1ccccc1)c1ccccc1. The van der Waals surface area contributed by atoms with Crippen molar-refractivity contribution in [1.29, 1.82) is 0 Å². The Bertz CT molecular complexity index is 832. The Hall–Kier alpha value is -2.50. The van der Waals surface area contributed by atoms with Crippen molar-refractivity contribution in [2.24, 2.45) is 11.3 Å². The molecule has 0 spiro atoms. The van der Waals surface area contributed by atoms with Gasteiger partial charge in [0.25, 0.3) is 0 Å². The summed E-state index contributed by atoms with van der Waals surface area (Å²) in [6.07, 6.45) is -0.222. The smallest absolute Gasteiger partial charge is 0.143 e. The number of rotatable bonds is 9. The van der Waals surface area contributed by atoms with Gasteiger partial charge in [0, 0.05) is 5.41 Å². The first-order chi connectivity index (χ1) is 14.7. The van der Waals surface area contributed by atoms with Gasteiger partial charge in [0.2, 0.25) is 0 Å². The van der Waals surface area contributed by atoms with Crippen LogP contribution in [0.25, 0.3) is 0 Å². The highest BCUT2D eigenvalue weighted by atomic mass is 16.5. The van der Waals surface area contributed by atoms with Gasteiger partial charge in [-0.05, 0) is 29.0 Å². The predicted octanol–water partition coefficient (Wildman–Crippen LogP) is 3.35. The fraction of sp³-hybridized carbons (Fsp3) is 0.308. The van der Waals surface area contributed by atoms with Crippen LogP contribution < -0.4 is 0 Å². The maximum absolute atomic E-state index is 10.1. The van der Waals surface area contributed by atoms with E-state index in [1.807, 2.05) is 54.6 Å². The van der Waals surface area contributed by atoms with Crippen LogP contribution in [0.1, 0.15) is 23.1 Å². The van der Waals surface area contributed by atoms with Gasteiger partial charge in [-0.25, -0.2) is 0 Å². The first-order valence-electron chi connectivity index (χ1n) is 10.4. The van der Waals surface area contributed by atoms with Crippen LogP contribution in [0.15, 0.2) is 91.0 Å². The van der Waals surface area contributed by atoms with Gasteiger partial charge in [-0.3, -0.25) is 0 Å². The van der Waals surface area contributed by atoms with E-state index in [1.54, 1.807) is 0 Å². The molecular weight excluding hydrogens is 376 g/mol. The minimum absolute atomic E-state index is 0.0941. The molecule has 3 aromatic rings. The number of hydrogen-bond acceptors (Lipinski definition) is 4. The van der Waals surface area contributed by atoms with E-state index < -0.39 is 17.1 Å². The lowest BCUT2D eigenvalue weighted by molar-refractivity contribution is -0.0403. The zero-order valence-electron chi connectivity index (χ0n) is 16.9. The molecule has 4 nitrogen and oxygen atoms in total. The number of aliphatic hydroxyl groups is 3. The minimum Gasteiger partial charge on any atom is -0.396 e. The summed E-state index contributed by atoms with van der Waals surface area (Å²) in [6, 6.07) is 30.2. The van der Waals surface area contributed by atoms with Crippen LogP contribution in [0, 0.1) is 11.3 Å². The molecule has 4 rings (SSSR count). The predicted molar refractivity (Wildman–Crippen MR) is 116 cm³/mol. The standard InChI is InChI=1S/C26H28O4/c27-17-24(29)23-16-25(23,18-28)19-30-26(20-10-4-1-5-11-20,21-12-6-2-7-13-21)22-14-8-3-9-15-22/h1-15,23-24,27-29H,16-19H2/t23-,24-,25+/m0/s1. The lowest BCUT2D eigenvalue weighted by atomic mass is 9.80. The summed E-state index contributed by atoms with van der Waals surface area (Å²) in [5.74, 6) is -0.174. The van der Waals surface area contributed by atoms with E-state index in [1.165, 1.54) is 0 Å². The van der Waals surface area contributed by atoms with Crippen LogP contribution in [-0.2, 0) is 10.3 Å². The van der Waals surface area contributed by atoms with Gasteiger partial charge in [0.05, 0.1) is 25.9 Å². The monoisotopic (exact) mass is 404 g/mol. The quantitative estimate of drug-likeness (QED) is 0.479. The molecule has 0 unspecified atom stereocenters. The summed E-state index contributed by atoms with van der Waals surface area (Å²) in [5, 5.41) is 29.6. The number of benzene rings is 3. The molecule has 3 aromatic carbocycles. The molecule has 30 heavy (non-hydrogen) atoms. The molecule has 4 heteroatoms. The molecule has 0 saturated heterocycles. The fourth-order valence-electron chi connectivity index (χ4n) is 4.46. The molecule has 0 aromatic heterocycles. The van der Waals surface area contributed by atoms with E-state index in [0.717, 1.165) is 16.7 Å². The Morgan fingerprint density at radius 2 is 1.23 bits per heavy atom. The second-order valence-corrected chi connectivity index (χ2v) is 8.15. The van der Waals surface area contributed by atoms with Crippen LogP contribution in [0.5, 0.6) is 0 Å².